The van der Waals surface area contributed by atoms with E-state index in [2.05, 4.69) is 49.8 Å². The number of amides is 2. The van der Waals surface area contributed by atoms with E-state index in [1.54, 1.807) is 26.2 Å². The van der Waals surface area contributed by atoms with Crippen molar-refractivity contribution in [2.75, 3.05) is 51.4 Å². The fourth-order valence-corrected chi connectivity index (χ4v) is 3.63. The largest absolute Gasteiger partial charge is 0.369 e. The van der Waals surface area contributed by atoms with Crippen molar-refractivity contribution in [3.63, 3.8) is 0 Å². The molecule has 3 aromatic rings. The Bertz CT molecular complexity index is 1350. The number of carbonyl (C=O) groups is 2. The molecule has 3 rings (SSSR count). The smallest absolute Gasteiger partial charge is 0.246 e. The number of aromatic amines is 1. The molecule has 1 atom stereocenters. The molecule has 41 heavy (non-hydrogen) atoms. The zero-order chi connectivity index (χ0) is 29.6. The molecule has 2 aromatic heterocycles. The Labute approximate surface area is 242 Å². The van der Waals surface area contributed by atoms with Gasteiger partial charge in [-0.2, -0.15) is 4.98 Å². The molecule has 0 aliphatic heterocycles. The average Bonchev–Trinajstić information content (AvgIpc) is 2.92. The van der Waals surface area contributed by atoms with Crippen molar-refractivity contribution in [3.05, 3.63) is 60.6 Å². The van der Waals surface area contributed by atoms with Crippen molar-refractivity contribution in [3.8, 4) is 17.5 Å². The van der Waals surface area contributed by atoms with E-state index in [0.717, 1.165) is 24.3 Å². The molecule has 218 valence electrons. The zero-order valence-electron chi connectivity index (χ0n) is 24.6. The topological polar surface area (TPSA) is 123 Å². The van der Waals surface area contributed by atoms with Crippen molar-refractivity contribution in [2.24, 2.45) is 0 Å². The molecule has 2 amide bonds. The van der Waals surface area contributed by atoms with E-state index < -0.39 is 6.04 Å². The van der Waals surface area contributed by atoms with Gasteiger partial charge in [0.2, 0.25) is 17.8 Å². The normalized spacial score (nSPS) is 11.7. The molecule has 11 nitrogen and oxygen atoms in total. The van der Waals surface area contributed by atoms with Crippen molar-refractivity contribution in [2.45, 2.75) is 39.2 Å². The highest BCUT2D eigenvalue weighted by atomic mass is 16.2. The molecule has 0 spiro atoms. The van der Waals surface area contributed by atoms with Crippen LogP contribution in [0.2, 0.25) is 0 Å². The Morgan fingerprint density at radius 3 is 2.73 bits per heavy atom. The minimum atomic E-state index is -0.569. The number of carbonyl (C=O) groups excluding carboxylic acids is 2. The fraction of sp³-hybridized carbons (Fsp3) is 0.400. The van der Waals surface area contributed by atoms with Crippen LogP contribution in [0.4, 0.5) is 17.5 Å². The molecule has 0 radical (unpaired) electrons. The fourth-order valence-electron chi connectivity index (χ4n) is 3.63. The van der Waals surface area contributed by atoms with Gasteiger partial charge in [-0.05, 0) is 52.1 Å². The predicted molar refractivity (Wildman–Crippen MR) is 163 cm³/mol. The molecule has 1 aromatic carbocycles. The number of unbranched alkanes of at least 4 members (excludes halogenated alkanes) is 1. The minimum Gasteiger partial charge on any atom is -0.369 e. The summed E-state index contributed by atoms with van der Waals surface area (Å²) in [4.78, 5) is 37.3. The molecule has 0 bridgehead atoms. The van der Waals surface area contributed by atoms with Gasteiger partial charge in [0.1, 0.15) is 11.9 Å². The Balaban J connectivity index is 1.51. The van der Waals surface area contributed by atoms with E-state index in [-0.39, 0.29) is 11.8 Å². The van der Waals surface area contributed by atoms with Gasteiger partial charge in [0.25, 0.3) is 0 Å². The first-order chi connectivity index (χ1) is 19.8. The lowest BCUT2D eigenvalue weighted by atomic mass is 10.2. The van der Waals surface area contributed by atoms with Crippen molar-refractivity contribution >= 4 is 29.3 Å². The number of nitrogens with one attached hydrogen (secondary N) is 4. The second-order valence-corrected chi connectivity index (χ2v) is 9.86. The second kappa shape index (κ2) is 15.9. The van der Waals surface area contributed by atoms with E-state index in [4.69, 9.17) is 0 Å². The van der Waals surface area contributed by atoms with Gasteiger partial charge in [0, 0.05) is 57.3 Å². The molecule has 0 aliphatic rings. The molecular weight excluding hydrogens is 518 g/mol. The van der Waals surface area contributed by atoms with E-state index in [1.165, 1.54) is 11.0 Å². The average molecular weight is 560 g/mol. The van der Waals surface area contributed by atoms with Gasteiger partial charge in [-0.1, -0.05) is 30.9 Å². The molecule has 11 heteroatoms. The van der Waals surface area contributed by atoms with Crippen LogP contribution in [0.1, 0.15) is 38.7 Å². The van der Waals surface area contributed by atoms with E-state index >= 15 is 0 Å². The first kappa shape index (κ1) is 31.0. The van der Waals surface area contributed by atoms with Gasteiger partial charge in [-0.25, -0.2) is 4.98 Å². The summed E-state index contributed by atoms with van der Waals surface area (Å²) in [6.07, 6.45) is 11.0. The molecule has 4 N–H and O–H groups in total. The third kappa shape index (κ3) is 9.85. The summed E-state index contributed by atoms with van der Waals surface area (Å²) in [6, 6.07) is 7.37. The molecule has 0 fully saturated rings. The molecule has 0 saturated heterocycles. The third-order valence-electron chi connectivity index (χ3n) is 6.19. The number of H-pyrrole nitrogens is 1. The lowest BCUT2D eigenvalue weighted by Gasteiger charge is -2.23. The Morgan fingerprint density at radius 2 is 2.02 bits per heavy atom. The van der Waals surface area contributed by atoms with Crippen molar-refractivity contribution in [1.82, 2.24) is 34.9 Å². The standard InChI is InChI=1S/C30H41N9O2/c1-6-16-31-28-24(22-33-30(36-28)35-25-13-10-14-26(21-25)39-20-18-34-39)12-8-7-9-17-32-29(41)23(2)38(5)27(40)15-11-19-37(3)4/h10-11,13-15,18,20-23,34H,6-7,9,16-17,19H2,1-5H3,(H,32,41)(H2,31,33,35,36)/b15-11+/t23-/m0/s1. The second-order valence-electron chi connectivity index (χ2n) is 9.86. The molecule has 2 heterocycles. The van der Waals surface area contributed by atoms with E-state index in [0.29, 0.717) is 43.3 Å². The van der Waals surface area contributed by atoms with Gasteiger partial charge in [-0.15, -0.1) is 0 Å². The first-order valence-electron chi connectivity index (χ1n) is 13.8. The number of likely N-dealkylation sites (N-methyl/N-ethyl adjacent to an activating group) is 2. The third-order valence-corrected chi connectivity index (χ3v) is 6.19. The Kier molecular flexibility index (Phi) is 12.0. The highest BCUT2D eigenvalue weighted by Crippen LogP contribution is 2.20. The lowest BCUT2D eigenvalue weighted by molar-refractivity contribution is -0.135. The van der Waals surface area contributed by atoms with Gasteiger partial charge in [-0.3, -0.25) is 14.3 Å². The predicted octanol–water partition coefficient (Wildman–Crippen LogP) is 3.37. The van der Waals surface area contributed by atoms with Crippen LogP contribution >= 0.6 is 0 Å². The van der Waals surface area contributed by atoms with Gasteiger partial charge in [0.15, 0.2) is 0 Å². The van der Waals surface area contributed by atoms with Crippen LogP contribution in [-0.4, -0.2) is 88.2 Å². The maximum atomic E-state index is 12.5. The quantitative estimate of drug-likeness (QED) is 0.136. The monoisotopic (exact) mass is 559 g/mol. The SMILES string of the molecule is CCCNc1nc(Nc2cccc(-n3cc[nH]3)c2)ncc1C#CCCCNC(=O)[C@H](C)N(C)C(=O)/C=C/CN(C)C. The Hall–Kier alpha value is -4.56. The summed E-state index contributed by atoms with van der Waals surface area (Å²) in [7, 11) is 5.48. The summed E-state index contributed by atoms with van der Waals surface area (Å²) in [5.74, 6) is 7.08. The first-order valence-corrected chi connectivity index (χ1v) is 13.8. The number of hydrogen-bond acceptors (Lipinski definition) is 7. The van der Waals surface area contributed by atoms with Crippen molar-refractivity contribution in [1.29, 1.82) is 0 Å². The van der Waals surface area contributed by atoms with E-state index in [9.17, 15) is 9.59 Å². The van der Waals surface area contributed by atoms with Gasteiger partial charge >= 0.3 is 0 Å². The van der Waals surface area contributed by atoms with Crippen LogP contribution in [0.3, 0.4) is 0 Å². The van der Waals surface area contributed by atoms with E-state index in [1.807, 2.05) is 60.3 Å². The molecule has 0 unspecified atom stereocenters. The van der Waals surface area contributed by atoms with Gasteiger partial charge < -0.3 is 30.8 Å². The zero-order valence-corrected chi connectivity index (χ0v) is 24.6. The van der Waals surface area contributed by atoms with Crippen molar-refractivity contribution < 1.29 is 9.59 Å². The summed E-state index contributed by atoms with van der Waals surface area (Å²) in [5, 5.41) is 12.6. The number of hydrogen-bond donors (Lipinski definition) is 4. The number of nitrogens with zero attached hydrogens (tertiary/aromatic N) is 5. The summed E-state index contributed by atoms with van der Waals surface area (Å²) in [5.41, 5.74) is 2.59. The molecule has 0 saturated carbocycles. The molecular formula is C30H41N9O2. The van der Waals surface area contributed by atoms with Crippen LogP contribution in [0, 0.1) is 11.8 Å². The number of benzene rings is 1. The number of rotatable bonds is 14. The molecule has 0 aliphatic carbocycles. The lowest BCUT2D eigenvalue weighted by Crippen LogP contribution is -2.45. The van der Waals surface area contributed by atoms with Crippen LogP contribution in [-0.2, 0) is 9.59 Å². The van der Waals surface area contributed by atoms with Crippen LogP contribution in [0.25, 0.3) is 5.69 Å². The summed E-state index contributed by atoms with van der Waals surface area (Å²) >= 11 is 0. The maximum absolute atomic E-state index is 12.5. The Morgan fingerprint density at radius 1 is 1.22 bits per heavy atom. The van der Waals surface area contributed by atoms with Crippen LogP contribution < -0.4 is 16.0 Å². The highest BCUT2D eigenvalue weighted by molar-refractivity contribution is 5.92. The number of aromatic nitrogens is 4. The summed E-state index contributed by atoms with van der Waals surface area (Å²) in [6.45, 7) is 5.70. The number of anilines is 3. The minimum absolute atomic E-state index is 0.194. The van der Waals surface area contributed by atoms with Gasteiger partial charge in [0.05, 0.1) is 17.4 Å². The highest BCUT2D eigenvalue weighted by Gasteiger charge is 2.20. The van der Waals surface area contributed by atoms with Crippen LogP contribution in [0.15, 0.2) is 55.0 Å². The maximum Gasteiger partial charge on any atom is 0.246 e. The summed E-state index contributed by atoms with van der Waals surface area (Å²) < 4.78 is 1.91. The van der Waals surface area contributed by atoms with Crippen LogP contribution in [0.5, 0.6) is 0 Å².